The maximum atomic E-state index is 5.95. The second-order valence-electron chi connectivity index (χ2n) is 2.72. The van der Waals surface area contributed by atoms with Crippen LogP contribution in [0.1, 0.15) is 18.2 Å². The number of hydrogen-bond acceptors (Lipinski definition) is 5. The number of thiazole rings is 1. The van der Waals surface area contributed by atoms with Crippen molar-refractivity contribution in [1.29, 1.82) is 0 Å². The number of nitrogens with zero attached hydrogens (tertiary/aromatic N) is 1. The summed E-state index contributed by atoms with van der Waals surface area (Å²) in [5.41, 5.74) is 6.96. The molecule has 0 spiro atoms. The largest absolute Gasteiger partial charge is 0.365 e. The molecule has 1 unspecified atom stereocenters. The molecule has 0 aliphatic rings. The lowest BCUT2D eigenvalue weighted by Gasteiger charge is -2.06. The maximum absolute atomic E-state index is 5.95. The maximum Gasteiger partial charge on any atom is 0.182 e. The van der Waals surface area contributed by atoms with Gasteiger partial charge in [0.1, 0.15) is 0 Å². The highest BCUT2D eigenvalue weighted by molar-refractivity contribution is 7.98. The lowest BCUT2D eigenvalue weighted by Crippen LogP contribution is -2.11. The van der Waals surface area contributed by atoms with Crippen LogP contribution in [0, 0.1) is 0 Å². The summed E-state index contributed by atoms with van der Waals surface area (Å²) in [6.45, 7) is 0. The average Bonchev–Trinajstić information content (AvgIpc) is 2.62. The molecule has 1 rings (SSSR count). The molecule has 0 saturated carbocycles. The molecule has 1 aromatic heterocycles. The van der Waals surface area contributed by atoms with Crippen LogP contribution in [0.15, 0.2) is 5.38 Å². The first-order valence-corrected chi connectivity index (χ1v) is 6.43. The fourth-order valence-electron chi connectivity index (χ4n) is 0.964. The zero-order valence-electron chi connectivity index (χ0n) is 7.91. The Morgan fingerprint density at radius 3 is 3.08 bits per heavy atom. The number of anilines is 1. The summed E-state index contributed by atoms with van der Waals surface area (Å²) in [7, 11) is 1.87. The molecule has 0 fully saturated rings. The minimum atomic E-state index is 0.0887. The second-order valence-corrected chi connectivity index (χ2v) is 4.56. The van der Waals surface area contributed by atoms with Gasteiger partial charge in [-0.3, -0.25) is 0 Å². The molecule has 0 radical (unpaired) electrons. The average molecular weight is 217 g/mol. The van der Waals surface area contributed by atoms with Gasteiger partial charge in [-0.1, -0.05) is 0 Å². The summed E-state index contributed by atoms with van der Waals surface area (Å²) in [6, 6.07) is 0.0887. The molecule has 0 amide bonds. The van der Waals surface area contributed by atoms with E-state index in [4.69, 9.17) is 5.73 Å². The van der Waals surface area contributed by atoms with Gasteiger partial charge in [-0.25, -0.2) is 4.98 Å². The molecule has 5 heteroatoms. The standard InChI is InChI=1S/C8H15N3S2/c1-10-8-11-7(5-13-8)6(9)3-4-12-2/h5-6H,3-4,9H2,1-2H3,(H,10,11). The SMILES string of the molecule is CNc1nc(C(N)CCSC)cs1. The molecular weight excluding hydrogens is 202 g/mol. The van der Waals surface area contributed by atoms with E-state index in [1.165, 1.54) is 0 Å². The van der Waals surface area contributed by atoms with Crippen LogP contribution in [0.25, 0.3) is 0 Å². The van der Waals surface area contributed by atoms with Crippen LogP contribution < -0.4 is 11.1 Å². The van der Waals surface area contributed by atoms with Crippen molar-refractivity contribution in [3.05, 3.63) is 11.1 Å². The Labute approximate surface area is 87.1 Å². The summed E-state index contributed by atoms with van der Waals surface area (Å²) in [4.78, 5) is 4.35. The molecule has 13 heavy (non-hydrogen) atoms. The van der Waals surface area contributed by atoms with Crippen molar-refractivity contribution in [3.63, 3.8) is 0 Å². The molecule has 0 bridgehead atoms. The van der Waals surface area contributed by atoms with Crippen LogP contribution in [0.3, 0.4) is 0 Å². The Hall–Kier alpha value is -0.260. The first-order chi connectivity index (χ1) is 6.27. The molecule has 3 N–H and O–H groups in total. The molecule has 0 saturated heterocycles. The summed E-state index contributed by atoms with van der Waals surface area (Å²) in [5.74, 6) is 1.09. The van der Waals surface area contributed by atoms with E-state index in [0.717, 1.165) is 23.0 Å². The Morgan fingerprint density at radius 2 is 2.54 bits per heavy atom. The quantitative estimate of drug-likeness (QED) is 0.791. The first-order valence-electron chi connectivity index (χ1n) is 4.15. The predicted molar refractivity (Wildman–Crippen MR) is 61.6 cm³/mol. The van der Waals surface area contributed by atoms with Gasteiger partial charge in [0.15, 0.2) is 5.13 Å². The zero-order valence-corrected chi connectivity index (χ0v) is 9.54. The Balaban J connectivity index is 2.50. The van der Waals surface area contributed by atoms with E-state index >= 15 is 0 Å². The van der Waals surface area contributed by atoms with Gasteiger partial charge in [0, 0.05) is 18.5 Å². The van der Waals surface area contributed by atoms with Gasteiger partial charge in [-0.15, -0.1) is 11.3 Å². The molecule has 0 aliphatic heterocycles. The Morgan fingerprint density at radius 1 is 1.77 bits per heavy atom. The van der Waals surface area contributed by atoms with Crippen molar-refractivity contribution in [2.24, 2.45) is 5.73 Å². The number of nitrogens with one attached hydrogen (secondary N) is 1. The van der Waals surface area contributed by atoms with Gasteiger partial charge < -0.3 is 11.1 Å². The molecule has 1 heterocycles. The van der Waals surface area contributed by atoms with Crippen LogP contribution in [-0.2, 0) is 0 Å². The van der Waals surface area contributed by atoms with E-state index < -0.39 is 0 Å². The summed E-state index contributed by atoms with van der Waals surface area (Å²) < 4.78 is 0. The molecule has 74 valence electrons. The van der Waals surface area contributed by atoms with Crippen LogP contribution >= 0.6 is 23.1 Å². The third-order valence-corrected chi connectivity index (χ3v) is 3.27. The van der Waals surface area contributed by atoms with E-state index in [1.807, 2.05) is 24.2 Å². The van der Waals surface area contributed by atoms with E-state index in [9.17, 15) is 0 Å². The summed E-state index contributed by atoms with van der Waals surface area (Å²) >= 11 is 3.42. The topological polar surface area (TPSA) is 50.9 Å². The zero-order chi connectivity index (χ0) is 9.68. The van der Waals surface area contributed by atoms with Gasteiger partial charge in [0.25, 0.3) is 0 Å². The number of rotatable bonds is 5. The number of hydrogen-bond donors (Lipinski definition) is 2. The molecule has 3 nitrogen and oxygen atoms in total. The smallest absolute Gasteiger partial charge is 0.182 e. The fraction of sp³-hybridized carbons (Fsp3) is 0.625. The Kier molecular flexibility index (Phi) is 4.55. The van der Waals surface area contributed by atoms with E-state index in [1.54, 1.807) is 11.3 Å². The van der Waals surface area contributed by atoms with Crippen LogP contribution in [-0.4, -0.2) is 24.0 Å². The van der Waals surface area contributed by atoms with Gasteiger partial charge in [-0.2, -0.15) is 11.8 Å². The highest BCUT2D eigenvalue weighted by Gasteiger charge is 2.09. The lowest BCUT2D eigenvalue weighted by atomic mass is 10.2. The monoisotopic (exact) mass is 217 g/mol. The Bertz CT molecular complexity index is 249. The van der Waals surface area contributed by atoms with Crippen molar-refractivity contribution < 1.29 is 0 Å². The normalized spacial score (nSPS) is 12.8. The van der Waals surface area contributed by atoms with Crippen molar-refractivity contribution >= 4 is 28.2 Å². The minimum absolute atomic E-state index is 0.0887. The molecular formula is C8H15N3S2. The fourth-order valence-corrected chi connectivity index (χ4v) is 2.19. The molecule has 1 aromatic rings. The second kappa shape index (κ2) is 5.47. The van der Waals surface area contributed by atoms with Crippen LogP contribution in [0.5, 0.6) is 0 Å². The van der Waals surface area contributed by atoms with Crippen LogP contribution in [0.2, 0.25) is 0 Å². The third kappa shape index (κ3) is 3.17. The highest BCUT2D eigenvalue weighted by atomic mass is 32.2. The van der Waals surface area contributed by atoms with Gasteiger partial charge in [-0.05, 0) is 18.4 Å². The van der Waals surface area contributed by atoms with E-state index in [2.05, 4.69) is 16.6 Å². The van der Waals surface area contributed by atoms with Crippen LogP contribution in [0.4, 0.5) is 5.13 Å². The van der Waals surface area contributed by atoms with E-state index in [-0.39, 0.29) is 6.04 Å². The van der Waals surface area contributed by atoms with Gasteiger partial charge in [0.2, 0.25) is 0 Å². The van der Waals surface area contributed by atoms with Crippen molar-refractivity contribution in [3.8, 4) is 0 Å². The van der Waals surface area contributed by atoms with E-state index in [0.29, 0.717) is 0 Å². The number of nitrogens with two attached hydrogens (primary N) is 1. The number of thioether (sulfide) groups is 1. The highest BCUT2D eigenvalue weighted by Crippen LogP contribution is 2.21. The van der Waals surface area contributed by atoms with Gasteiger partial charge in [0.05, 0.1) is 5.69 Å². The third-order valence-electron chi connectivity index (χ3n) is 1.75. The van der Waals surface area contributed by atoms with Gasteiger partial charge >= 0.3 is 0 Å². The minimum Gasteiger partial charge on any atom is -0.365 e. The predicted octanol–water partition coefficient (Wildman–Crippen LogP) is 1.94. The van der Waals surface area contributed by atoms with Crippen molar-refractivity contribution in [1.82, 2.24) is 4.98 Å². The number of aromatic nitrogens is 1. The van der Waals surface area contributed by atoms with Crippen molar-refractivity contribution in [2.75, 3.05) is 24.4 Å². The molecule has 0 aromatic carbocycles. The summed E-state index contributed by atoms with van der Waals surface area (Å²) in [6.07, 6.45) is 3.08. The first kappa shape index (κ1) is 10.8. The lowest BCUT2D eigenvalue weighted by molar-refractivity contribution is 0.687. The molecule has 0 aliphatic carbocycles. The van der Waals surface area contributed by atoms with Crippen molar-refractivity contribution in [2.45, 2.75) is 12.5 Å². The molecule has 1 atom stereocenters. The summed E-state index contributed by atoms with van der Waals surface area (Å²) in [5, 5.41) is 5.97.